The molecule has 2 aromatic rings. The van der Waals surface area contributed by atoms with E-state index in [1.807, 2.05) is 31.2 Å². The second kappa shape index (κ2) is 4.92. The molecule has 0 radical (unpaired) electrons. The summed E-state index contributed by atoms with van der Waals surface area (Å²) in [7, 11) is 0. The molecule has 1 aromatic carbocycles. The number of anilines is 1. The first-order chi connectivity index (χ1) is 9.63. The highest BCUT2D eigenvalue weighted by Crippen LogP contribution is 2.18. The zero-order chi connectivity index (χ0) is 14.1. The fourth-order valence-electron chi connectivity index (χ4n) is 2.25. The summed E-state index contributed by atoms with van der Waals surface area (Å²) in [4.78, 5) is 13.8. The Hall–Kier alpha value is -2.44. The van der Waals surface area contributed by atoms with Gasteiger partial charge in [0.2, 0.25) is 0 Å². The quantitative estimate of drug-likeness (QED) is 0.897. The van der Waals surface area contributed by atoms with Crippen LogP contribution in [0.25, 0.3) is 5.69 Å². The number of amides is 2. The first-order valence-electron chi connectivity index (χ1n) is 6.55. The van der Waals surface area contributed by atoms with Crippen molar-refractivity contribution in [3.8, 4) is 5.69 Å². The van der Waals surface area contributed by atoms with Gasteiger partial charge in [0.25, 0.3) is 0 Å². The molecule has 0 spiro atoms. The van der Waals surface area contributed by atoms with Crippen LogP contribution in [0.3, 0.4) is 0 Å². The first kappa shape index (κ1) is 12.6. The Morgan fingerprint density at radius 2 is 2.20 bits per heavy atom. The van der Waals surface area contributed by atoms with Crippen LogP contribution >= 0.6 is 0 Å². The summed E-state index contributed by atoms with van der Waals surface area (Å²) in [6.07, 6.45) is 0. The molecule has 2 amide bonds. The van der Waals surface area contributed by atoms with Gasteiger partial charge in [-0.15, -0.1) is 5.10 Å². The van der Waals surface area contributed by atoms with E-state index >= 15 is 0 Å². The monoisotopic (exact) mass is 272 g/mol. The van der Waals surface area contributed by atoms with E-state index in [0.29, 0.717) is 11.7 Å². The van der Waals surface area contributed by atoms with Gasteiger partial charge in [-0.25, -0.2) is 4.79 Å². The molecule has 1 aliphatic heterocycles. The molecule has 20 heavy (non-hydrogen) atoms. The third-order valence-electron chi connectivity index (χ3n) is 3.32. The van der Waals surface area contributed by atoms with Gasteiger partial charge in [0.1, 0.15) is 0 Å². The number of carbonyl (C=O) groups is 1. The van der Waals surface area contributed by atoms with Crippen LogP contribution in [0.2, 0.25) is 0 Å². The Kier molecular flexibility index (Phi) is 3.09. The van der Waals surface area contributed by atoms with Crippen LogP contribution < -0.4 is 5.32 Å². The van der Waals surface area contributed by atoms with Crippen molar-refractivity contribution in [1.82, 2.24) is 25.1 Å². The Balaban J connectivity index is 1.75. The second-order valence-electron chi connectivity index (χ2n) is 5.13. The maximum absolute atomic E-state index is 12.0. The van der Waals surface area contributed by atoms with Crippen molar-refractivity contribution >= 4 is 11.7 Å². The number of likely N-dealkylation sites (tertiary alicyclic amines) is 1. The number of urea groups is 1. The Morgan fingerprint density at radius 3 is 2.85 bits per heavy atom. The maximum Gasteiger partial charge on any atom is 0.321 e. The number of nitrogens with zero attached hydrogens (tertiary/aromatic N) is 5. The second-order valence-corrected chi connectivity index (χ2v) is 5.13. The molecular weight excluding hydrogens is 256 g/mol. The number of carbonyl (C=O) groups excluding carboxylic acids is 1. The minimum atomic E-state index is -0.0614. The van der Waals surface area contributed by atoms with Gasteiger partial charge in [-0.2, -0.15) is 4.68 Å². The summed E-state index contributed by atoms with van der Waals surface area (Å²) in [5.74, 6) is 1.29. The summed E-state index contributed by atoms with van der Waals surface area (Å²) < 4.78 is 1.63. The zero-order valence-electron chi connectivity index (χ0n) is 11.4. The number of benzene rings is 1. The summed E-state index contributed by atoms with van der Waals surface area (Å²) in [6.45, 7) is 5.59. The van der Waals surface area contributed by atoms with Gasteiger partial charge in [0, 0.05) is 18.8 Å². The lowest BCUT2D eigenvalue weighted by molar-refractivity contribution is 0.141. The van der Waals surface area contributed by atoms with Gasteiger partial charge in [0.15, 0.2) is 5.82 Å². The summed E-state index contributed by atoms with van der Waals surface area (Å²) in [5.41, 5.74) is 1.56. The van der Waals surface area contributed by atoms with Crippen molar-refractivity contribution in [3.63, 3.8) is 0 Å². The number of rotatable bonds is 2. The zero-order valence-corrected chi connectivity index (χ0v) is 11.4. The van der Waals surface area contributed by atoms with Crippen LogP contribution in [0.1, 0.15) is 12.7 Å². The van der Waals surface area contributed by atoms with Crippen LogP contribution in [0.15, 0.2) is 24.3 Å². The first-order valence-corrected chi connectivity index (χ1v) is 6.55. The van der Waals surface area contributed by atoms with Crippen molar-refractivity contribution in [1.29, 1.82) is 0 Å². The molecule has 0 unspecified atom stereocenters. The molecule has 104 valence electrons. The molecular formula is C13H16N6O. The van der Waals surface area contributed by atoms with Gasteiger partial charge in [0.05, 0.1) is 5.69 Å². The molecule has 1 aliphatic rings. The summed E-state index contributed by atoms with van der Waals surface area (Å²) in [6, 6.07) is 7.40. The van der Waals surface area contributed by atoms with Crippen molar-refractivity contribution in [2.24, 2.45) is 5.92 Å². The van der Waals surface area contributed by atoms with E-state index in [9.17, 15) is 4.79 Å². The van der Waals surface area contributed by atoms with E-state index in [1.54, 1.807) is 9.58 Å². The molecule has 1 fully saturated rings. The van der Waals surface area contributed by atoms with E-state index in [-0.39, 0.29) is 6.03 Å². The predicted octanol–water partition coefficient (Wildman–Crippen LogP) is 1.45. The Bertz CT molecular complexity index is 631. The molecule has 3 rings (SSSR count). The highest BCUT2D eigenvalue weighted by Gasteiger charge is 2.26. The smallest absolute Gasteiger partial charge is 0.321 e. The van der Waals surface area contributed by atoms with Gasteiger partial charge >= 0.3 is 6.03 Å². The van der Waals surface area contributed by atoms with Crippen LogP contribution in [-0.2, 0) is 0 Å². The summed E-state index contributed by atoms with van der Waals surface area (Å²) >= 11 is 0. The largest absolute Gasteiger partial charge is 0.324 e. The molecule has 0 bridgehead atoms. The minimum Gasteiger partial charge on any atom is -0.324 e. The molecule has 0 saturated carbocycles. The maximum atomic E-state index is 12.0. The number of hydrogen-bond donors (Lipinski definition) is 1. The van der Waals surface area contributed by atoms with E-state index < -0.39 is 0 Å². The lowest BCUT2D eigenvalue weighted by Gasteiger charge is -2.36. The molecule has 1 saturated heterocycles. The Morgan fingerprint density at radius 1 is 1.40 bits per heavy atom. The standard InChI is InChI=1S/C13H16N6O/c1-9-7-18(8-9)13(20)14-11-4-3-5-12(6-11)19-10(2)15-16-17-19/h3-6,9H,7-8H2,1-2H3,(H,14,20). The fraction of sp³-hybridized carbons (Fsp3) is 0.385. The topological polar surface area (TPSA) is 75.9 Å². The average molecular weight is 272 g/mol. The number of aromatic nitrogens is 4. The van der Waals surface area contributed by atoms with Gasteiger partial charge in [-0.3, -0.25) is 0 Å². The molecule has 0 atom stereocenters. The fourth-order valence-corrected chi connectivity index (χ4v) is 2.25. The van der Waals surface area contributed by atoms with Crippen LogP contribution in [0.4, 0.5) is 10.5 Å². The van der Waals surface area contributed by atoms with Crippen LogP contribution in [0.5, 0.6) is 0 Å². The molecule has 7 nitrogen and oxygen atoms in total. The van der Waals surface area contributed by atoms with Crippen LogP contribution in [-0.4, -0.2) is 44.2 Å². The third-order valence-corrected chi connectivity index (χ3v) is 3.32. The Labute approximate surface area is 116 Å². The van der Waals surface area contributed by atoms with E-state index in [2.05, 4.69) is 27.8 Å². The van der Waals surface area contributed by atoms with E-state index in [0.717, 1.165) is 24.5 Å². The molecule has 2 heterocycles. The van der Waals surface area contributed by atoms with Crippen molar-refractivity contribution < 1.29 is 4.79 Å². The van der Waals surface area contributed by atoms with E-state index in [1.165, 1.54) is 0 Å². The predicted molar refractivity (Wildman–Crippen MR) is 73.6 cm³/mol. The van der Waals surface area contributed by atoms with Gasteiger partial charge in [-0.1, -0.05) is 13.0 Å². The summed E-state index contributed by atoms with van der Waals surface area (Å²) in [5, 5.41) is 14.3. The third kappa shape index (κ3) is 2.34. The van der Waals surface area contributed by atoms with Crippen molar-refractivity contribution in [3.05, 3.63) is 30.1 Å². The number of aryl methyl sites for hydroxylation is 1. The average Bonchev–Trinajstić information content (AvgIpc) is 2.81. The number of hydrogen-bond acceptors (Lipinski definition) is 4. The van der Waals surface area contributed by atoms with E-state index in [4.69, 9.17) is 0 Å². The highest BCUT2D eigenvalue weighted by atomic mass is 16.2. The van der Waals surface area contributed by atoms with Crippen LogP contribution in [0, 0.1) is 12.8 Å². The molecule has 0 aliphatic carbocycles. The molecule has 7 heteroatoms. The van der Waals surface area contributed by atoms with Gasteiger partial charge < -0.3 is 10.2 Å². The minimum absolute atomic E-state index is 0.0614. The number of nitrogens with one attached hydrogen (secondary N) is 1. The normalized spacial score (nSPS) is 15.0. The van der Waals surface area contributed by atoms with Crippen molar-refractivity contribution in [2.75, 3.05) is 18.4 Å². The highest BCUT2D eigenvalue weighted by molar-refractivity contribution is 5.90. The SMILES string of the molecule is Cc1nnnn1-c1cccc(NC(=O)N2CC(C)C2)c1. The molecule has 1 N–H and O–H groups in total. The lowest BCUT2D eigenvalue weighted by Crippen LogP contribution is -2.50. The lowest BCUT2D eigenvalue weighted by atomic mass is 10.0. The van der Waals surface area contributed by atoms with Gasteiger partial charge in [-0.05, 0) is 41.5 Å². The number of tetrazole rings is 1. The van der Waals surface area contributed by atoms with Crippen molar-refractivity contribution in [2.45, 2.75) is 13.8 Å². The molecule has 1 aromatic heterocycles.